The minimum atomic E-state index is 0.463. The number of hydrogen-bond donors (Lipinski definition) is 1. The van der Waals surface area contributed by atoms with E-state index in [1.165, 1.54) is 19.3 Å². The van der Waals surface area contributed by atoms with E-state index >= 15 is 0 Å². The van der Waals surface area contributed by atoms with Crippen LogP contribution >= 0.6 is 0 Å². The van der Waals surface area contributed by atoms with Gasteiger partial charge in [-0.15, -0.1) is 0 Å². The van der Waals surface area contributed by atoms with Gasteiger partial charge in [0.15, 0.2) is 0 Å². The van der Waals surface area contributed by atoms with E-state index in [4.69, 9.17) is 0 Å². The predicted octanol–water partition coefficient (Wildman–Crippen LogP) is 0.591. The van der Waals surface area contributed by atoms with Gasteiger partial charge in [-0.3, -0.25) is 0 Å². The molecule has 2 rings (SSSR count). The highest BCUT2D eigenvalue weighted by molar-refractivity contribution is 4.84. The van der Waals surface area contributed by atoms with E-state index in [-0.39, 0.29) is 0 Å². The molecule has 1 aromatic rings. The van der Waals surface area contributed by atoms with Crippen LogP contribution in [0.2, 0.25) is 0 Å². The lowest BCUT2D eigenvalue weighted by molar-refractivity contribution is 0.347. The third-order valence-electron chi connectivity index (χ3n) is 2.58. The Hall–Kier alpha value is -0.900. The molecule has 0 saturated heterocycles. The zero-order chi connectivity index (χ0) is 8.39. The van der Waals surface area contributed by atoms with Crippen LogP contribution in [0.25, 0.3) is 0 Å². The topological polar surface area (TPSA) is 42.7 Å². The third-order valence-corrected chi connectivity index (χ3v) is 2.58. The van der Waals surface area contributed by atoms with Crippen molar-refractivity contribution in [3.63, 3.8) is 0 Å². The summed E-state index contributed by atoms with van der Waals surface area (Å²) in [5.41, 5.74) is 0. The minimum absolute atomic E-state index is 0.463. The molecule has 2 atom stereocenters. The van der Waals surface area contributed by atoms with Crippen molar-refractivity contribution in [3.05, 3.63) is 12.4 Å². The van der Waals surface area contributed by atoms with Crippen molar-refractivity contribution in [2.45, 2.75) is 31.3 Å². The second-order valence-corrected chi connectivity index (χ2v) is 3.24. The molecule has 1 saturated carbocycles. The van der Waals surface area contributed by atoms with Crippen LogP contribution < -0.4 is 5.32 Å². The lowest BCUT2D eigenvalue weighted by atomic mass is 10.2. The lowest BCUT2D eigenvalue weighted by Crippen LogP contribution is -2.31. The standard InChI is InChI=1S/C8H14N4/c1-9-7-3-2-4-8(7)12-10-5-6-11-12/h5-9H,2-4H2,1H3. The summed E-state index contributed by atoms with van der Waals surface area (Å²) in [6.45, 7) is 0. The molecule has 1 N–H and O–H groups in total. The molecule has 0 radical (unpaired) electrons. The second kappa shape index (κ2) is 3.23. The number of aromatic nitrogens is 3. The minimum Gasteiger partial charge on any atom is -0.315 e. The van der Waals surface area contributed by atoms with Crippen LogP contribution in [0, 0.1) is 0 Å². The molecule has 0 bridgehead atoms. The summed E-state index contributed by atoms with van der Waals surface area (Å²) >= 11 is 0. The van der Waals surface area contributed by atoms with Gasteiger partial charge in [-0.2, -0.15) is 15.0 Å². The van der Waals surface area contributed by atoms with Gasteiger partial charge >= 0.3 is 0 Å². The Bertz CT molecular complexity index is 231. The van der Waals surface area contributed by atoms with Crippen LogP contribution in [-0.2, 0) is 0 Å². The molecule has 12 heavy (non-hydrogen) atoms. The first-order chi connectivity index (χ1) is 5.92. The number of rotatable bonds is 2. The Morgan fingerprint density at radius 3 is 2.75 bits per heavy atom. The first kappa shape index (κ1) is 7.73. The van der Waals surface area contributed by atoms with Gasteiger partial charge in [0.2, 0.25) is 0 Å². The molecule has 0 aliphatic heterocycles. The molecule has 1 aliphatic rings. The van der Waals surface area contributed by atoms with E-state index < -0.39 is 0 Å². The van der Waals surface area contributed by atoms with Crippen molar-refractivity contribution in [2.24, 2.45) is 0 Å². The Labute approximate surface area is 72.0 Å². The summed E-state index contributed by atoms with van der Waals surface area (Å²) in [4.78, 5) is 1.83. The number of nitrogens with one attached hydrogen (secondary N) is 1. The van der Waals surface area contributed by atoms with Crippen LogP contribution in [0.5, 0.6) is 0 Å². The maximum Gasteiger partial charge on any atom is 0.0868 e. The van der Waals surface area contributed by atoms with Crippen molar-refractivity contribution in [2.75, 3.05) is 7.05 Å². The van der Waals surface area contributed by atoms with Crippen molar-refractivity contribution in [3.8, 4) is 0 Å². The van der Waals surface area contributed by atoms with E-state index in [1.807, 2.05) is 11.8 Å². The Balaban J connectivity index is 2.13. The van der Waals surface area contributed by atoms with Gasteiger partial charge in [-0.05, 0) is 26.3 Å². The van der Waals surface area contributed by atoms with Crippen LogP contribution in [0.4, 0.5) is 0 Å². The smallest absolute Gasteiger partial charge is 0.0868 e. The third kappa shape index (κ3) is 1.22. The van der Waals surface area contributed by atoms with Crippen LogP contribution in [0.3, 0.4) is 0 Å². The van der Waals surface area contributed by atoms with Gasteiger partial charge in [0.25, 0.3) is 0 Å². The summed E-state index contributed by atoms with van der Waals surface area (Å²) in [5.74, 6) is 0. The first-order valence-electron chi connectivity index (χ1n) is 4.45. The van der Waals surface area contributed by atoms with Crippen molar-refractivity contribution in [1.82, 2.24) is 20.3 Å². The van der Waals surface area contributed by atoms with Gasteiger partial charge in [-0.1, -0.05) is 0 Å². The summed E-state index contributed by atoms with van der Waals surface area (Å²) in [5, 5.41) is 11.6. The van der Waals surface area contributed by atoms with Crippen LogP contribution in [0.15, 0.2) is 12.4 Å². The average Bonchev–Trinajstić information content (AvgIpc) is 2.74. The second-order valence-electron chi connectivity index (χ2n) is 3.24. The summed E-state index contributed by atoms with van der Waals surface area (Å²) in [6, 6.07) is 1.02. The highest BCUT2D eigenvalue weighted by atomic mass is 15.5. The van der Waals surface area contributed by atoms with Crippen LogP contribution in [0.1, 0.15) is 25.3 Å². The highest BCUT2D eigenvalue weighted by Gasteiger charge is 2.28. The van der Waals surface area contributed by atoms with E-state index in [2.05, 4.69) is 15.5 Å². The fourth-order valence-electron chi connectivity index (χ4n) is 1.95. The number of likely N-dealkylation sites (N-methyl/N-ethyl adjacent to an activating group) is 1. The largest absolute Gasteiger partial charge is 0.315 e. The van der Waals surface area contributed by atoms with E-state index in [0.29, 0.717) is 12.1 Å². The molecule has 2 unspecified atom stereocenters. The van der Waals surface area contributed by atoms with E-state index in [1.54, 1.807) is 12.4 Å². The molecule has 1 fully saturated rings. The molecule has 1 aromatic heterocycles. The van der Waals surface area contributed by atoms with Gasteiger partial charge in [0.05, 0.1) is 18.4 Å². The normalized spacial score (nSPS) is 29.4. The van der Waals surface area contributed by atoms with Crippen molar-refractivity contribution >= 4 is 0 Å². The van der Waals surface area contributed by atoms with E-state index in [9.17, 15) is 0 Å². The highest BCUT2D eigenvalue weighted by Crippen LogP contribution is 2.28. The molecule has 1 aliphatic carbocycles. The monoisotopic (exact) mass is 166 g/mol. The maximum atomic E-state index is 4.16. The molecule has 4 heteroatoms. The summed E-state index contributed by atoms with van der Waals surface area (Å²) < 4.78 is 0. The predicted molar refractivity (Wildman–Crippen MR) is 45.8 cm³/mol. The van der Waals surface area contributed by atoms with Crippen molar-refractivity contribution in [1.29, 1.82) is 0 Å². The average molecular weight is 166 g/mol. The zero-order valence-electron chi connectivity index (χ0n) is 7.27. The molecule has 0 spiro atoms. The van der Waals surface area contributed by atoms with Gasteiger partial charge in [0, 0.05) is 6.04 Å². The molecule has 4 nitrogen and oxygen atoms in total. The fraction of sp³-hybridized carbons (Fsp3) is 0.750. The summed E-state index contributed by atoms with van der Waals surface area (Å²) in [7, 11) is 2.01. The summed E-state index contributed by atoms with van der Waals surface area (Å²) in [6.07, 6.45) is 7.19. The number of nitrogens with zero attached hydrogens (tertiary/aromatic N) is 3. The molecule has 0 amide bonds. The van der Waals surface area contributed by atoms with Gasteiger partial charge < -0.3 is 5.32 Å². The first-order valence-corrected chi connectivity index (χ1v) is 4.45. The van der Waals surface area contributed by atoms with Crippen molar-refractivity contribution < 1.29 is 0 Å². The molecular weight excluding hydrogens is 152 g/mol. The maximum absolute atomic E-state index is 4.16. The fourth-order valence-corrected chi connectivity index (χ4v) is 1.95. The zero-order valence-corrected chi connectivity index (χ0v) is 7.27. The van der Waals surface area contributed by atoms with Gasteiger partial charge in [-0.25, -0.2) is 0 Å². The Kier molecular flexibility index (Phi) is 2.08. The molecular formula is C8H14N4. The van der Waals surface area contributed by atoms with Gasteiger partial charge in [0.1, 0.15) is 0 Å². The van der Waals surface area contributed by atoms with Crippen LogP contribution in [-0.4, -0.2) is 28.1 Å². The Morgan fingerprint density at radius 1 is 1.33 bits per heavy atom. The lowest BCUT2D eigenvalue weighted by Gasteiger charge is -2.17. The quantitative estimate of drug-likeness (QED) is 0.699. The SMILES string of the molecule is CNC1CCCC1n1nccn1. The Morgan fingerprint density at radius 2 is 2.08 bits per heavy atom. The molecule has 0 aromatic carbocycles. The molecule has 1 heterocycles. The molecule has 66 valence electrons. The van der Waals surface area contributed by atoms with E-state index in [0.717, 1.165) is 0 Å². The number of hydrogen-bond acceptors (Lipinski definition) is 3.